The highest BCUT2D eigenvalue weighted by Crippen LogP contribution is 2.20. The number of hydrogen-bond acceptors (Lipinski definition) is 4. The van der Waals surface area contributed by atoms with Gasteiger partial charge in [-0.05, 0) is 30.5 Å². The van der Waals surface area contributed by atoms with E-state index in [-0.39, 0.29) is 5.97 Å². The lowest BCUT2D eigenvalue weighted by Gasteiger charge is -2.32. The molecule has 0 saturated carbocycles. The highest BCUT2D eigenvalue weighted by Gasteiger charge is 2.16. The van der Waals surface area contributed by atoms with Crippen molar-refractivity contribution in [1.29, 1.82) is 0 Å². The van der Waals surface area contributed by atoms with Gasteiger partial charge in [0.1, 0.15) is 0 Å². The summed E-state index contributed by atoms with van der Waals surface area (Å²) in [4.78, 5) is 13.6. The van der Waals surface area contributed by atoms with E-state index >= 15 is 0 Å². The number of rotatable bonds is 3. The van der Waals surface area contributed by atoms with Crippen LogP contribution in [0.15, 0.2) is 24.3 Å². The summed E-state index contributed by atoms with van der Waals surface area (Å²) in [6.45, 7) is 1.98. The Kier molecular flexibility index (Phi) is 4.20. The zero-order valence-electron chi connectivity index (χ0n) is 10.8. The molecule has 0 radical (unpaired) electrons. The normalized spacial score (nSPS) is 16.7. The minimum atomic E-state index is -0.201. The Balaban J connectivity index is 2.05. The Bertz CT molecular complexity index is 412. The van der Waals surface area contributed by atoms with E-state index in [2.05, 4.69) is 21.8 Å². The maximum Gasteiger partial charge on any atom is 0.309 e. The number of carbonyl (C=O) groups excluding carboxylic acids is 1. The van der Waals surface area contributed by atoms with Crippen molar-refractivity contribution in [2.75, 3.05) is 25.1 Å². The molecule has 1 fully saturated rings. The van der Waals surface area contributed by atoms with E-state index in [4.69, 9.17) is 5.73 Å². The predicted molar refractivity (Wildman–Crippen MR) is 71.6 cm³/mol. The van der Waals surface area contributed by atoms with Crippen LogP contribution in [0.5, 0.6) is 0 Å². The van der Waals surface area contributed by atoms with Crippen LogP contribution in [-0.4, -0.2) is 32.2 Å². The molecule has 0 amide bonds. The molecule has 1 aromatic carbocycles. The third-order valence-corrected chi connectivity index (χ3v) is 3.39. The third kappa shape index (κ3) is 3.23. The van der Waals surface area contributed by atoms with Crippen molar-refractivity contribution in [3.8, 4) is 0 Å². The van der Waals surface area contributed by atoms with Crippen molar-refractivity contribution < 1.29 is 9.53 Å². The van der Waals surface area contributed by atoms with E-state index in [1.165, 1.54) is 12.8 Å². The van der Waals surface area contributed by atoms with Crippen LogP contribution in [0.25, 0.3) is 0 Å². The molecule has 0 aliphatic carbocycles. The second-order valence-electron chi connectivity index (χ2n) is 4.75. The number of hydrogen-bond donors (Lipinski definition) is 1. The average Bonchev–Trinajstić information content (AvgIpc) is 2.40. The van der Waals surface area contributed by atoms with Crippen LogP contribution in [-0.2, 0) is 16.0 Å². The second kappa shape index (κ2) is 5.87. The van der Waals surface area contributed by atoms with Gasteiger partial charge in [0.25, 0.3) is 0 Å². The van der Waals surface area contributed by atoms with Crippen LogP contribution < -0.4 is 10.6 Å². The van der Waals surface area contributed by atoms with Crippen molar-refractivity contribution in [3.63, 3.8) is 0 Å². The fourth-order valence-corrected chi connectivity index (χ4v) is 2.26. The lowest BCUT2D eigenvalue weighted by atomic mass is 10.0. The van der Waals surface area contributed by atoms with E-state index in [9.17, 15) is 4.79 Å². The first-order valence-corrected chi connectivity index (χ1v) is 6.35. The number of esters is 1. The number of ether oxygens (including phenoxy) is 1. The van der Waals surface area contributed by atoms with Crippen LogP contribution in [0, 0.1) is 0 Å². The zero-order valence-corrected chi connectivity index (χ0v) is 10.8. The summed E-state index contributed by atoms with van der Waals surface area (Å²) in [6, 6.07) is 8.42. The number of piperidine rings is 1. The SMILES string of the molecule is COC(=O)Cc1cccc(N2CCC(N)CC2)c1. The molecular formula is C14H20N2O2. The molecule has 2 rings (SSSR count). The molecule has 0 atom stereocenters. The molecule has 1 aliphatic heterocycles. The molecule has 0 spiro atoms. The minimum Gasteiger partial charge on any atom is -0.469 e. The van der Waals surface area contributed by atoms with Gasteiger partial charge in [-0.3, -0.25) is 4.79 Å². The molecular weight excluding hydrogens is 228 g/mol. The summed E-state index contributed by atoms with van der Waals surface area (Å²) in [5, 5.41) is 0. The topological polar surface area (TPSA) is 55.6 Å². The summed E-state index contributed by atoms with van der Waals surface area (Å²) in [7, 11) is 1.41. The largest absolute Gasteiger partial charge is 0.469 e. The van der Waals surface area contributed by atoms with Gasteiger partial charge in [-0.15, -0.1) is 0 Å². The van der Waals surface area contributed by atoms with Gasteiger partial charge in [-0.2, -0.15) is 0 Å². The summed E-state index contributed by atoms with van der Waals surface area (Å²) >= 11 is 0. The lowest BCUT2D eigenvalue weighted by molar-refractivity contribution is -0.139. The van der Waals surface area contributed by atoms with Crippen LogP contribution in [0.2, 0.25) is 0 Å². The van der Waals surface area contributed by atoms with E-state index in [0.717, 1.165) is 31.5 Å². The monoisotopic (exact) mass is 248 g/mol. The first-order valence-electron chi connectivity index (χ1n) is 6.35. The maximum atomic E-state index is 11.3. The standard InChI is InChI=1S/C14H20N2O2/c1-18-14(17)10-11-3-2-4-13(9-11)16-7-5-12(15)6-8-16/h2-4,9,12H,5-8,10,15H2,1H3. The molecule has 1 saturated heterocycles. The average molecular weight is 248 g/mol. The predicted octanol–water partition coefficient (Wildman–Crippen LogP) is 1.33. The smallest absolute Gasteiger partial charge is 0.309 e. The highest BCUT2D eigenvalue weighted by molar-refractivity contribution is 5.73. The van der Waals surface area contributed by atoms with Gasteiger partial charge >= 0.3 is 5.97 Å². The molecule has 1 aliphatic rings. The van der Waals surface area contributed by atoms with Crippen molar-refractivity contribution in [2.45, 2.75) is 25.3 Å². The van der Waals surface area contributed by atoms with Crippen LogP contribution in [0.1, 0.15) is 18.4 Å². The Morgan fingerprint density at radius 1 is 1.44 bits per heavy atom. The molecule has 0 aromatic heterocycles. The van der Waals surface area contributed by atoms with Gasteiger partial charge in [0.2, 0.25) is 0 Å². The zero-order chi connectivity index (χ0) is 13.0. The fraction of sp³-hybridized carbons (Fsp3) is 0.500. The summed E-state index contributed by atoms with van der Waals surface area (Å²) in [5.74, 6) is -0.201. The number of nitrogens with two attached hydrogens (primary N) is 1. The van der Waals surface area contributed by atoms with Gasteiger partial charge in [-0.25, -0.2) is 0 Å². The molecule has 0 unspecified atom stereocenters. The Morgan fingerprint density at radius 3 is 2.83 bits per heavy atom. The molecule has 0 bridgehead atoms. The molecule has 18 heavy (non-hydrogen) atoms. The third-order valence-electron chi connectivity index (χ3n) is 3.39. The van der Waals surface area contributed by atoms with E-state index < -0.39 is 0 Å². The highest BCUT2D eigenvalue weighted by atomic mass is 16.5. The maximum absolute atomic E-state index is 11.3. The van der Waals surface area contributed by atoms with Crippen molar-refractivity contribution >= 4 is 11.7 Å². The van der Waals surface area contributed by atoms with Crippen LogP contribution in [0.3, 0.4) is 0 Å². The lowest BCUT2D eigenvalue weighted by Crippen LogP contribution is -2.39. The molecule has 98 valence electrons. The van der Waals surface area contributed by atoms with Crippen LogP contribution in [0.4, 0.5) is 5.69 Å². The Labute approximate surface area is 108 Å². The summed E-state index contributed by atoms with van der Waals surface area (Å²) in [6.07, 6.45) is 2.39. The van der Waals surface area contributed by atoms with Crippen molar-refractivity contribution in [1.82, 2.24) is 0 Å². The summed E-state index contributed by atoms with van der Waals surface area (Å²) in [5.41, 5.74) is 8.07. The minimum absolute atomic E-state index is 0.201. The summed E-state index contributed by atoms with van der Waals surface area (Å²) < 4.78 is 4.68. The molecule has 1 aromatic rings. The fourth-order valence-electron chi connectivity index (χ4n) is 2.26. The van der Waals surface area contributed by atoms with Crippen LogP contribution >= 0.6 is 0 Å². The first kappa shape index (κ1) is 12.9. The van der Waals surface area contributed by atoms with Gasteiger partial charge in [-0.1, -0.05) is 12.1 Å². The second-order valence-corrected chi connectivity index (χ2v) is 4.75. The number of benzene rings is 1. The van der Waals surface area contributed by atoms with E-state index in [1.54, 1.807) is 0 Å². The molecule has 4 heteroatoms. The van der Waals surface area contributed by atoms with Crippen molar-refractivity contribution in [3.05, 3.63) is 29.8 Å². The van der Waals surface area contributed by atoms with Gasteiger partial charge in [0.05, 0.1) is 13.5 Å². The molecule has 1 heterocycles. The quantitative estimate of drug-likeness (QED) is 0.820. The molecule has 2 N–H and O–H groups in total. The number of methoxy groups -OCH3 is 1. The number of carbonyl (C=O) groups is 1. The van der Waals surface area contributed by atoms with Gasteiger partial charge < -0.3 is 15.4 Å². The Hall–Kier alpha value is -1.55. The van der Waals surface area contributed by atoms with Gasteiger partial charge in [0, 0.05) is 24.8 Å². The van der Waals surface area contributed by atoms with E-state index in [1.807, 2.05) is 12.1 Å². The number of anilines is 1. The first-order chi connectivity index (χ1) is 8.69. The number of nitrogens with zero attached hydrogens (tertiary/aromatic N) is 1. The van der Waals surface area contributed by atoms with Gasteiger partial charge in [0.15, 0.2) is 0 Å². The van der Waals surface area contributed by atoms with Crippen molar-refractivity contribution in [2.24, 2.45) is 5.73 Å². The van der Waals surface area contributed by atoms with E-state index in [0.29, 0.717) is 12.5 Å². The molecule has 4 nitrogen and oxygen atoms in total. The Morgan fingerprint density at radius 2 is 2.17 bits per heavy atom.